The molecule has 2 aliphatic heterocycles. The van der Waals surface area contributed by atoms with E-state index < -0.39 is 21.7 Å². The summed E-state index contributed by atoms with van der Waals surface area (Å²) in [6.07, 6.45) is 6.09. The van der Waals surface area contributed by atoms with E-state index in [0.717, 1.165) is 25.2 Å². The number of aromatic nitrogens is 2. The summed E-state index contributed by atoms with van der Waals surface area (Å²) in [7, 11) is -3.50. The second-order valence-corrected chi connectivity index (χ2v) is 10.0. The van der Waals surface area contributed by atoms with E-state index in [-0.39, 0.29) is 22.5 Å². The average molecular weight is 459 g/mol. The van der Waals surface area contributed by atoms with E-state index in [1.165, 1.54) is 24.5 Å². The molecule has 1 aromatic heterocycles. The minimum absolute atomic E-state index is 0.0790. The number of halogens is 1. The minimum atomic E-state index is -3.50. The molecule has 0 radical (unpaired) electrons. The maximum atomic E-state index is 14.4. The standard InChI is InChI=1S/C21H23FN6O3S/c1-32(30,31)16-2-3-18(17(22)10-16)26-19-6-9-28(20(19)29)15-4-7-27(8-5-15)21-24-12-14(11-23)13-25-21/h2-3,10,12-13,15,19,26H,4-9H2,1H3/t19-/m0/s1. The Labute approximate surface area is 185 Å². The number of hydrogen-bond acceptors (Lipinski definition) is 8. The number of carbonyl (C=O) groups is 1. The molecule has 0 unspecified atom stereocenters. The predicted octanol–water partition coefficient (Wildman–Crippen LogP) is 1.57. The van der Waals surface area contributed by atoms with Gasteiger partial charge in [-0.3, -0.25) is 4.79 Å². The lowest BCUT2D eigenvalue weighted by atomic mass is 10.0. The van der Waals surface area contributed by atoms with E-state index >= 15 is 0 Å². The van der Waals surface area contributed by atoms with Crippen LogP contribution in [0.1, 0.15) is 24.8 Å². The normalized spacial score (nSPS) is 19.8. The van der Waals surface area contributed by atoms with Gasteiger partial charge in [0.25, 0.3) is 0 Å². The van der Waals surface area contributed by atoms with Crippen LogP contribution < -0.4 is 10.2 Å². The van der Waals surface area contributed by atoms with Gasteiger partial charge in [-0.1, -0.05) is 0 Å². The molecule has 3 heterocycles. The van der Waals surface area contributed by atoms with Crippen LogP contribution in [0.3, 0.4) is 0 Å². The van der Waals surface area contributed by atoms with Crippen molar-refractivity contribution in [1.29, 1.82) is 5.26 Å². The Morgan fingerprint density at radius 1 is 1.16 bits per heavy atom. The van der Waals surface area contributed by atoms with Crippen LogP contribution in [0.5, 0.6) is 0 Å². The molecule has 0 saturated carbocycles. The summed E-state index contributed by atoms with van der Waals surface area (Å²) in [5.41, 5.74) is 0.526. The zero-order chi connectivity index (χ0) is 22.9. The monoisotopic (exact) mass is 458 g/mol. The van der Waals surface area contributed by atoms with Gasteiger partial charge in [0, 0.05) is 31.9 Å². The first-order valence-electron chi connectivity index (χ1n) is 10.3. The first-order valence-corrected chi connectivity index (χ1v) is 12.2. The van der Waals surface area contributed by atoms with Crippen LogP contribution >= 0.6 is 0 Å². The third kappa shape index (κ3) is 4.50. The van der Waals surface area contributed by atoms with E-state index in [2.05, 4.69) is 15.3 Å². The van der Waals surface area contributed by atoms with Gasteiger partial charge in [-0.15, -0.1) is 0 Å². The maximum Gasteiger partial charge on any atom is 0.245 e. The van der Waals surface area contributed by atoms with Gasteiger partial charge in [0.15, 0.2) is 9.84 Å². The highest BCUT2D eigenvalue weighted by atomic mass is 32.2. The lowest BCUT2D eigenvalue weighted by Gasteiger charge is -2.36. The SMILES string of the molecule is CS(=O)(=O)c1ccc(N[C@H]2CCN(C3CCN(c4ncc(C#N)cn4)CC3)C2=O)c(F)c1. The summed E-state index contributed by atoms with van der Waals surface area (Å²) in [5.74, 6) is -0.206. The summed E-state index contributed by atoms with van der Waals surface area (Å²) in [4.78, 5) is 25.2. The van der Waals surface area contributed by atoms with Gasteiger partial charge < -0.3 is 15.1 Å². The number of nitriles is 1. The molecule has 1 N–H and O–H groups in total. The number of piperidine rings is 1. The highest BCUT2D eigenvalue weighted by Crippen LogP contribution is 2.27. The largest absolute Gasteiger partial charge is 0.371 e. The molecular formula is C21H23FN6O3S. The van der Waals surface area contributed by atoms with E-state index in [1.807, 2.05) is 15.9 Å². The molecule has 11 heteroatoms. The van der Waals surface area contributed by atoms with Crippen LogP contribution in [0, 0.1) is 17.1 Å². The molecule has 2 fully saturated rings. The Kier molecular flexibility index (Phi) is 5.97. The number of benzene rings is 1. The molecule has 1 amide bonds. The van der Waals surface area contributed by atoms with Gasteiger partial charge in [0.2, 0.25) is 11.9 Å². The number of anilines is 2. The molecule has 0 aliphatic carbocycles. The van der Waals surface area contributed by atoms with Crippen LogP contribution in [-0.2, 0) is 14.6 Å². The van der Waals surface area contributed by atoms with Gasteiger partial charge in [-0.05, 0) is 37.5 Å². The lowest BCUT2D eigenvalue weighted by Crippen LogP contribution is -2.47. The maximum absolute atomic E-state index is 14.4. The molecule has 1 aromatic carbocycles. The van der Waals surface area contributed by atoms with Crippen LogP contribution in [-0.4, -0.2) is 67.2 Å². The number of likely N-dealkylation sites (tertiary alicyclic amines) is 1. The van der Waals surface area contributed by atoms with Crippen LogP contribution in [0.25, 0.3) is 0 Å². The summed E-state index contributed by atoms with van der Waals surface area (Å²) < 4.78 is 37.5. The summed E-state index contributed by atoms with van der Waals surface area (Å²) in [5, 5.41) is 11.8. The van der Waals surface area contributed by atoms with Gasteiger partial charge in [-0.2, -0.15) is 5.26 Å². The fourth-order valence-corrected chi connectivity index (χ4v) is 4.78. The second kappa shape index (κ2) is 8.70. The Bertz CT molecular complexity index is 1160. The van der Waals surface area contributed by atoms with E-state index in [9.17, 15) is 17.6 Å². The Morgan fingerprint density at radius 2 is 1.84 bits per heavy atom. The zero-order valence-corrected chi connectivity index (χ0v) is 18.3. The first kappa shape index (κ1) is 22.0. The van der Waals surface area contributed by atoms with Gasteiger partial charge in [-0.25, -0.2) is 22.8 Å². The third-order valence-corrected chi connectivity index (χ3v) is 7.00. The minimum Gasteiger partial charge on any atom is -0.371 e. The average Bonchev–Trinajstić information content (AvgIpc) is 3.14. The quantitative estimate of drug-likeness (QED) is 0.717. The highest BCUT2D eigenvalue weighted by molar-refractivity contribution is 7.90. The Balaban J connectivity index is 1.35. The molecule has 2 aliphatic rings. The Morgan fingerprint density at radius 3 is 2.44 bits per heavy atom. The molecule has 9 nitrogen and oxygen atoms in total. The summed E-state index contributed by atoms with van der Waals surface area (Å²) in [6.45, 7) is 1.97. The van der Waals surface area contributed by atoms with Crippen molar-refractivity contribution in [3.8, 4) is 6.07 Å². The van der Waals surface area contributed by atoms with Crippen molar-refractivity contribution in [2.45, 2.75) is 36.2 Å². The van der Waals surface area contributed by atoms with Crippen molar-refractivity contribution < 1.29 is 17.6 Å². The second-order valence-electron chi connectivity index (χ2n) is 8.03. The zero-order valence-electron chi connectivity index (χ0n) is 17.5. The summed E-state index contributed by atoms with van der Waals surface area (Å²) >= 11 is 0. The summed E-state index contributed by atoms with van der Waals surface area (Å²) in [6, 6.07) is 5.19. The molecule has 2 saturated heterocycles. The fourth-order valence-electron chi connectivity index (χ4n) is 4.15. The van der Waals surface area contributed by atoms with Gasteiger partial charge in [0.1, 0.15) is 17.9 Å². The number of nitrogens with zero attached hydrogens (tertiary/aromatic N) is 5. The van der Waals surface area contributed by atoms with E-state index in [1.54, 1.807) is 0 Å². The van der Waals surface area contributed by atoms with Crippen LogP contribution in [0.2, 0.25) is 0 Å². The molecule has 32 heavy (non-hydrogen) atoms. The highest BCUT2D eigenvalue weighted by Gasteiger charge is 2.37. The number of rotatable bonds is 5. The van der Waals surface area contributed by atoms with E-state index in [4.69, 9.17) is 5.26 Å². The van der Waals surface area contributed by atoms with Crippen molar-refractivity contribution in [2.75, 3.05) is 36.1 Å². The van der Waals surface area contributed by atoms with Crippen molar-refractivity contribution in [3.05, 3.63) is 42.0 Å². The number of sulfone groups is 1. The van der Waals surface area contributed by atoms with Crippen molar-refractivity contribution >= 4 is 27.4 Å². The van der Waals surface area contributed by atoms with Crippen LogP contribution in [0.4, 0.5) is 16.0 Å². The number of hydrogen-bond donors (Lipinski definition) is 1. The number of nitrogens with one attached hydrogen (secondary N) is 1. The van der Waals surface area contributed by atoms with Crippen molar-refractivity contribution in [2.24, 2.45) is 0 Å². The molecule has 0 bridgehead atoms. The molecule has 168 valence electrons. The number of amides is 1. The fraction of sp³-hybridized carbons (Fsp3) is 0.429. The first-order chi connectivity index (χ1) is 15.3. The molecule has 0 spiro atoms. The third-order valence-electron chi connectivity index (χ3n) is 5.89. The van der Waals surface area contributed by atoms with E-state index in [0.29, 0.717) is 37.6 Å². The molecule has 1 atom stereocenters. The molecule has 2 aromatic rings. The topological polar surface area (TPSA) is 119 Å². The van der Waals surface area contributed by atoms with Gasteiger partial charge in [0.05, 0.1) is 28.5 Å². The molecule has 4 rings (SSSR count). The molecular weight excluding hydrogens is 435 g/mol. The lowest BCUT2D eigenvalue weighted by molar-refractivity contribution is -0.130. The Hall–Kier alpha value is -3.26. The van der Waals surface area contributed by atoms with Crippen molar-refractivity contribution in [1.82, 2.24) is 14.9 Å². The smallest absolute Gasteiger partial charge is 0.245 e. The van der Waals surface area contributed by atoms with Crippen molar-refractivity contribution in [3.63, 3.8) is 0 Å². The van der Waals surface area contributed by atoms with Crippen LogP contribution in [0.15, 0.2) is 35.5 Å². The van der Waals surface area contributed by atoms with Gasteiger partial charge >= 0.3 is 0 Å². The predicted molar refractivity (Wildman–Crippen MR) is 115 cm³/mol. The number of carbonyl (C=O) groups excluding carboxylic acids is 1.